The zero-order valence-electron chi connectivity index (χ0n) is 19.0. The normalized spacial score (nSPS) is 18.7. The molecular weight excluding hydrogens is 410 g/mol. The van der Waals surface area contributed by atoms with E-state index < -0.39 is 6.04 Å². The molecule has 7 nitrogen and oxygen atoms in total. The van der Waals surface area contributed by atoms with E-state index in [9.17, 15) is 4.79 Å². The number of nitrogens with one attached hydrogen (secondary N) is 1. The molecule has 1 fully saturated rings. The Morgan fingerprint density at radius 2 is 1.97 bits per heavy atom. The van der Waals surface area contributed by atoms with Gasteiger partial charge in [-0.3, -0.25) is 9.69 Å². The highest BCUT2D eigenvalue weighted by Crippen LogP contribution is 2.39. The average Bonchev–Trinajstić information content (AvgIpc) is 3.09. The summed E-state index contributed by atoms with van der Waals surface area (Å²) >= 11 is 1.79. The summed E-state index contributed by atoms with van der Waals surface area (Å²) in [6.07, 6.45) is 6.18. The summed E-state index contributed by atoms with van der Waals surface area (Å²) in [5.74, 6) is 1.26. The first-order valence-electron chi connectivity index (χ1n) is 11.5. The lowest BCUT2D eigenvalue weighted by Crippen LogP contribution is -2.37. The molecule has 31 heavy (non-hydrogen) atoms. The van der Waals surface area contributed by atoms with Gasteiger partial charge in [0.15, 0.2) is 0 Å². The molecule has 2 aromatic rings. The SMILES string of the molecule is CC(C)(C)CC[C@H](Nc1nc(CN2CCOCC2)nc2sc3c(c12)CCCC3)C(N)=O. The van der Waals surface area contributed by atoms with E-state index in [1.54, 1.807) is 11.3 Å². The predicted molar refractivity (Wildman–Crippen MR) is 125 cm³/mol. The number of rotatable bonds is 7. The first kappa shape index (κ1) is 22.4. The second-order valence-electron chi connectivity index (χ2n) is 9.97. The smallest absolute Gasteiger partial charge is 0.239 e. The molecule has 8 heteroatoms. The number of ether oxygens (including phenoxy) is 1. The number of carbonyl (C=O) groups excluding carboxylic acids is 1. The third-order valence-corrected chi connectivity index (χ3v) is 7.35. The fraction of sp³-hybridized carbons (Fsp3) is 0.696. The number of amides is 1. The molecule has 0 saturated carbocycles. The number of fused-ring (bicyclic) bond motifs is 3. The predicted octanol–water partition coefficient (Wildman–Crippen LogP) is 3.49. The molecule has 0 unspecified atom stereocenters. The molecule has 1 saturated heterocycles. The number of nitrogens with two attached hydrogens (primary N) is 1. The van der Waals surface area contributed by atoms with Gasteiger partial charge in [-0.1, -0.05) is 20.8 Å². The van der Waals surface area contributed by atoms with E-state index in [1.165, 1.54) is 23.3 Å². The molecule has 3 heterocycles. The van der Waals surface area contributed by atoms with Crippen molar-refractivity contribution < 1.29 is 9.53 Å². The molecule has 0 radical (unpaired) electrons. The first-order valence-corrected chi connectivity index (χ1v) is 12.3. The summed E-state index contributed by atoms with van der Waals surface area (Å²) in [5.41, 5.74) is 7.30. The van der Waals surface area contributed by atoms with E-state index >= 15 is 0 Å². The van der Waals surface area contributed by atoms with Crippen molar-refractivity contribution in [3.8, 4) is 0 Å². The summed E-state index contributed by atoms with van der Waals surface area (Å²) in [5, 5.41) is 4.55. The Morgan fingerprint density at radius 1 is 1.23 bits per heavy atom. The zero-order chi connectivity index (χ0) is 22.0. The van der Waals surface area contributed by atoms with Crippen LogP contribution in [0.1, 0.15) is 62.7 Å². The fourth-order valence-corrected chi connectivity index (χ4v) is 5.64. The summed E-state index contributed by atoms with van der Waals surface area (Å²) in [6.45, 7) is 10.5. The van der Waals surface area contributed by atoms with Crippen molar-refractivity contribution in [2.75, 3.05) is 31.6 Å². The van der Waals surface area contributed by atoms with Gasteiger partial charge < -0.3 is 15.8 Å². The van der Waals surface area contributed by atoms with Crippen LogP contribution in [-0.4, -0.2) is 53.1 Å². The lowest BCUT2D eigenvalue weighted by Gasteiger charge is -2.26. The van der Waals surface area contributed by atoms with E-state index in [4.69, 9.17) is 20.4 Å². The van der Waals surface area contributed by atoms with Crippen molar-refractivity contribution in [3.05, 3.63) is 16.3 Å². The Balaban J connectivity index is 1.67. The molecule has 170 valence electrons. The Bertz CT molecular complexity index is 930. The van der Waals surface area contributed by atoms with Gasteiger partial charge in [-0.2, -0.15) is 0 Å². The van der Waals surface area contributed by atoms with Gasteiger partial charge in [0, 0.05) is 18.0 Å². The Labute approximate surface area is 188 Å². The van der Waals surface area contributed by atoms with Crippen LogP contribution in [-0.2, 0) is 28.9 Å². The molecule has 2 aromatic heterocycles. The summed E-state index contributed by atoms with van der Waals surface area (Å²) in [7, 11) is 0. The van der Waals surface area contributed by atoms with Crippen molar-refractivity contribution in [1.82, 2.24) is 14.9 Å². The largest absolute Gasteiger partial charge is 0.379 e. The molecule has 4 rings (SSSR count). The maximum atomic E-state index is 12.3. The molecule has 1 amide bonds. The molecule has 0 spiro atoms. The highest BCUT2D eigenvalue weighted by Gasteiger charge is 2.25. The minimum atomic E-state index is -0.437. The van der Waals surface area contributed by atoms with Crippen LogP contribution in [0.25, 0.3) is 10.2 Å². The average molecular weight is 446 g/mol. The molecule has 0 aromatic carbocycles. The second kappa shape index (κ2) is 9.38. The number of morpholine rings is 1. The molecule has 2 aliphatic rings. The van der Waals surface area contributed by atoms with Crippen LogP contribution in [0.15, 0.2) is 0 Å². The van der Waals surface area contributed by atoms with E-state index in [1.807, 2.05) is 0 Å². The topological polar surface area (TPSA) is 93.4 Å². The van der Waals surface area contributed by atoms with Crippen molar-refractivity contribution >= 4 is 33.3 Å². The van der Waals surface area contributed by atoms with Gasteiger partial charge in [0.25, 0.3) is 0 Å². The third kappa shape index (κ3) is 5.54. The summed E-state index contributed by atoms with van der Waals surface area (Å²) in [6, 6.07) is -0.437. The van der Waals surface area contributed by atoms with Crippen LogP contribution in [0.4, 0.5) is 5.82 Å². The number of aryl methyl sites for hydroxylation is 2. The number of carbonyl (C=O) groups is 1. The molecule has 0 bridgehead atoms. The van der Waals surface area contributed by atoms with E-state index in [0.29, 0.717) is 13.0 Å². The maximum Gasteiger partial charge on any atom is 0.239 e. The maximum absolute atomic E-state index is 12.3. The molecule has 3 N–H and O–H groups in total. The van der Waals surface area contributed by atoms with Crippen molar-refractivity contribution in [1.29, 1.82) is 0 Å². The number of hydrogen-bond acceptors (Lipinski definition) is 7. The molecule has 1 atom stereocenters. The Kier molecular flexibility index (Phi) is 6.79. The van der Waals surface area contributed by atoms with Gasteiger partial charge >= 0.3 is 0 Å². The van der Waals surface area contributed by atoms with Gasteiger partial charge in [0.1, 0.15) is 22.5 Å². The minimum Gasteiger partial charge on any atom is -0.379 e. The lowest BCUT2D eigenvalue weighted by molar-refractivity contribution is -0.118. The van der Waals surface area contributed by atoms with Crippen LogP contribution in [0.5, 0.6) is 0 Å². The summed E-state index contributed by atoms with van der Waals surface area (Å²) in [4.78, 5) is 26.9. The fourth-order valence-electron chi connectivity index (χ4n) is 4.36. The van der Waals surface area contributed by atoms with Crippen LogP contribution < -0.4 is 11.1 Å². The summed E-state index contributed by atoms with van der Waals surface area (Å²) < 4.78 is 5.48. The minimum absolute atomic E-state index is 0.138. The van der Waals surface area contributed by atoms with Crippen LogP contribution in [0.3, 0.4) is 0 Å². The van der Waals surface area contributed by atoms with Gasteiger partial charge in [-0.15, -0.1) is 11.3 Å². The molecule has 1 aliphatic heterocycles. The standard InChI is InChI=1S/C23H35N5O2S/c1-23(2,3)9-8-16(20(24)29)25-21-19-15-6-4-5-7-17(15)31-22(19)27-18(26-21)14-28-10-12-30-13-11-28/h16H,4-14H2,1-3H3,(H2,24,29)(H,25,26,27)/t16-/m0/s1. The van der Waals surface area contributed by atoms with Crippen LogP contribution in [0, 0.1) is 5.41 Å². The quantitative estimate of drug-likeness (QED) is 0.678. The van der Waals surface area contributed by atoms with Crippen LogP contribution in [0.2, 0.25) is 0 Å². The second-order valence-corrected chi connectivity index (χ2v) is 11.1. The van der Waals surface area contributed by atoms with Gasteiger partial charge in [-0.25, -0.2) is 9.97 Å². The number of aromatic nitrogens is 2. The highest BCUT2D eigenvalue weighted by atomic mass is 32.1. The number of anilines is 1. The Morgan fingerprint density at radius 3 is 2.68 bits per heavy atom. The van der Waals surface area contributed by atoms with Crippen LogP contribution >= 0.6 is 11.3 Å². The number of primary amides is 1. The van der Waals surface area contributed by atoms with E-state index in [0.717, 1.165) is 67.4 Å². The lowest BCUT2D eigenvalue weighted by atomic mass is 9.88. The van der Waals surface area contributed by atoms with Gasteiger partial charge in [-0.05, 0) is 49.5 Å². The number of hydrogen-bond donors (Lipinski definition) is 2. The van der Waals surface area contributed by atoms with Crippen molar-refractivity contribution in [2.24, 2.45) is 11.1 Å². The highest BCUT2D eigenvalue weighted by molar-refractivity contribution is 7.19. The Hall–Kier alpha value is -1.77. The third-order valence-electron chi connectivity index (χ3n) is 6.17. The van der Waals surface area contributed by atoms with Gasteiger partial charge in [0.2, 0.25) is 5.91 Å². The molecular formula is C23H35N5O2S. The van der Waals surface area contributed by atoms with Crippen molar-refractivity contribution in [2.45, 2.75) is 71.9 Å². The zero-order valence-corrected chi connectivity index (χ0v) is 19.8. The van der Waals surface area contributed by atoms with E-state index in [2.05, 4.69) is 31.0 Å². The number of thiophene rings is 1. The first-order chi connectivity index (χ1) is 14.8. The van der Waals surface area contributed by atoms with Crippen molar-refractivity contribution in [3.63, 3.8) is 0 Å². The monoisotopic (exact) mass is 445 g/mol. The molecule has 1 aliphatic carbocycles. The van der Waals surface area contributed by atoms with Gasteiger partial charge in [0.05, 0.1) is 25.1 Å². The van der Waals surface area contributed by atoms with E-state index in [-0.39, 0.29) is 11.3 Å². The number of nitrogens with zero attached hydrogens (tertiary/aromatic N) is 3.